The Hall–Kier alpha value is -2.61. The fourth-order valence-corrected chi connectivity index (χ4v) is 4.30. The summed E-state index contributed by atoms with van der Waals surface area (Å²) >= 11 is 0. The summed E-state index contributed by atoms with van der Waals surface area (Å²) in [5.41, 5.74) is 6.83. The molecule has 2 aromatic rings. The normalized spacial score (nSPS) is 20.8. The van der Waals surface area contributed by atoms with Crippen LogP contribution in [0, 0.1) is 0 Å². The van der Waals surface area contributed by atoms with Gasteiger partial charge in [0.2, 0.25) is 5.91 Å². The minimum atomic E-state index is -0.664. The largest absolute Gasteiger partial charge is 0.388 e. The molecular formula is C18H20N6O2. The molecular weight excluding hydrogens is 332 g/mol. The molecule has 0 aromatic carbocycles. The zero-order chi connectivity index (χ0) is 17.9. The third-order valence-electron chi connectivity index (χ3n) is 5.72. The first-order valence-electron chi connectivity index (χ1n) is 9.08. The molecule has 2 fully saturated rings. The second kappa shape index (κ2) is 5.44. The summed E-state index contributed by atoms with van der Waals surface area (Å²) in [6.07, 6.45) is 9.04. The van der Waals surface area contributed by atoms with Gasteiger partial charge in [0.15, 0.2) is 5.82 Å². The molecule has 26 heavy (non-hydrogen) atoms. The van der Waals surface area contributed by atoms with E-state index >= 15 is 0 Å². The zero-order valence-corrected chi connectivity index (χ0v) is 14.4. The van der Waals surface area contributed by atoms with Gasteiger partial charge < -0.3 is 10.8 Å². The summed E-state index contributed by atoms with van der Waals surface area (Å²) in [4.78, 5) is 32.5. The number of anilines is 3. The van der Waals surface area contributed by atoms with Crippen LogP contribution < -0.4 is 10.6 Å². The van der Waals surface area contributed by atoms with Gasteiger partial charge in [-0.1, -0.05) is 12.8 Å². The monoisotopic (exact) mass is 352 g/mol. The highest BCUT2D eigenvalue weighted by molar-refractivity contribution is 6.13. The Balaban J connectivity index is 1.66. The fourth-order valence-electron chi connectivity index (χ4n) is 4.30. The molecule has 2 saturated carbocycles. The summed E-state index contributed by atoms with van der Waals surface area (Å²) in [7, 11) is 0. The summed E-state index contributed by atoms with van der Waals surface area (Å²) in [5, 5.41) is 9.47. The highest BCUT2D eigenvalue weighted by Crippen LogP contribution is 2.54. The lowest BCUT2D eigenvalue weighted by Gasteiger charge is -2.23. The molecule has 0 unspecified atom stereocenters. The number of carbonyl (C=O) groups is 1. The first-order chi connectivity index (χ1) is 12.6. The number of nitrogens with two attached hydrogens (primary N) is 1. The van der Waals surface area contributed by atoms with Crippen molar-refractivity contribution in [3.05, 3.63) is 29.6 Å². The Morgan fingerprint density at radius 2 is 1.88 bits per heavy atom. The Labute approximate surface area is 150 Å². The van der Waals surface area contributed by atoms with Crippen molar-refractivity contribution in [3.63, 3.8) is 0 Å². The van der Waals surface area contributed by atoms with Crippen LogP contribution in [0.4, 0.5) is 17.3 Å². The van der Waals surface area contributed by atoms with E-state index in [1.807, 2.05) is 0 Å². The van der Waals surface area contributed by atoms with Crippen LogP contribution in [0.5, 0.6) is 0 Å². The van der Waals surface area contributed by atoms with E-state index in [4.69, 9.17) is 5.73 Å². The second-order valence-electron chi connectivity index (χ2n) is 7.39. The van der Waals surface area contributed by atoms with E-state index in [9.17, 15) is 9.90 Å². The quantitative estimate of drug-likeness (QED) is 0.863. The van der Waals surface area contributed by atoms with Crippen molar-refractivity contribution in [2.24, 2.45) is 0 Å². The highest BCUT2D eigenvalue weighted by Gasteiger charge is 2.55. The average molecular weight is 352 g/mol. The van der Waals surface area contributed by atoms with E-state index in [0.717, 1.165) is 44.3 Å². The van der Waals surface area contributed by atoms with Crippen molar-refractivity contribution in [3.8, 4) is 0 Å². The van der Waals surface area contributed by atoms with E-state index in [2.05, 4.69) is 19.9 Å². The van der Waals surface area contributed by atoms with Crippen LogP contribution in [-0.4, -0.2) is 30.9 Å². The van der Waals surface area contributed by atoms with Crippen molar-refractivity contribution < 1.29 is 9.90 Å². The molecule has 0 bridgehead atoms. The van der Waals surface area contributed by atoms with Gasteiger partial charge in [-0.25, -0.2) is 19.9 Å². The van der Waals surface area contributed by atoms with Gasteiger partial charge in [-0.2, -0.15) is 0 Å². The molecule has 8 nitrogen and oxygen atoms in total. The zero-order valence-electron chi connectivity index (χ0n) is 14.4. The van der Waals surface area contributed by atoms with Crippen LogP contribution in [0.2, 0.25) is 0 Å². The number of hydrogen-bond donors (Lipinski definition) is 2. The van der Waals surface area contributed by atoms with Crippen LogP contribution in [0.25, 0.3) is 0 Å². The van der Waals surface area contributed by atoms with Gasteiger partial charge in [0.05, 0.1) is 29.1 Å². The van der Waals surface area contributed by atoms with Gasteiger partial charge in [-0.15, -0.1) is 0 Å². The molecule has 134 valence electrons. The molecule has 0 atom stereocenters. The molecule has 1 aliphatic heterocycles. The molecule has 1 spiro atoms. The molecule has 3 aliphatic rings. The van der Waals surface area contributed by atoms with Gasteiger partial charge >= 0.3 is 0 Å². The van der Waals surface area contributed by atoms with Crippen LogP contribution >= 0.6 is 0 Å². The van der Waals surface area contributed by atoms with E-state index in [1.54, 1.807) is 17.3 Å². The minimum Gasteiger partial charge on any atom is -0.388 e. The van der Waals surface area contributed by atoms with E-state index in [1.165, 1.54) is 0 Å². The van der Waals surface area contributed by atoms with Gasteiger partial charge in [0, 0.05) is 5.92 Å². The predicted octanol–water partition coefficient (Wildman–Crippen LogP) is 1.71. The fraction of sp³-hybridized carbons (Fsp3) is 0.500. The Bertz CT molecular complexity index is 887. The number of aromatic nitrogens is 4. The predicted molar refractivity (Wildman–Crippen MR) is 93.7 cm³/mol. The number of rotatable bonds is 3. The third kappa shape index (κ3) is 2.08. The van der Waals surface area contributed by atoms with Crippen LogP contribution in [0.15, 0.2) is 12.4 Å². The number of fused-ring (bicyclic) bond motifs is 2. The SMILES string of the molecule is Nc1nc(CO)nc2c1C1(CCCC1)C(=O)N2c1cnc(C2CC2)nc1. The number of hydrogen-bond acceptors (Lipinski definition) is 7. The van der Waals surface area contributed by atoms with Crippen molar-refractivity contribution in [1.29, 1.82) is 0 Å². The van der Waals surface area contributed by atoms with Crippen molar-refractivity contribution in [2.75, 3.05) is 10.6 Å². The lowest BCUT2D eigenvalue weighted by atomic mass is 9.80. The van der Waals surface area contributed by atoms with Crippen molar-refractivity contribution >= 4 is 23.2 Å². The molecule has 3 N–H and O–H groups in total. The first-order valence-corrected chi connectivity index (χ1v) is 9.08. The van der Waals surface area contributed by atoms with Crippen molar-refractivity contribution in [2.45, 2.75) is 56.5 Å². The lowest BCUT2D eigenvalue weighted by Crippen LogP contribution is -2.36. The Kier molecular flexibility index (Phi) is 3.27. The summed E-state index contributed by atoms with van der Waals surface area (Å²) in [6, 6.07) is 0. The molecule has 8 heteroatoms. The summed E-state index contributed by atoms with van der Waals surface area (Å²) < 4.78 is 0. The van der Waals surface area contributed by atoms with Gasteiger partial charge in [-0.3, -0.25) is 9.69 Å². The van der Waals surface area contributed by atoms with Crippen LogP contribution in [-0.2, 0) is 16.8 Å². The van der Waals surface area contributed by atoms with E-state index < -0.39 is 5.41 Å². The number of amides is 1. The number of nitrogen functional groups attached to an aromatic ring is 1. The third-order valence-corrected chi connectivity index (χ3v) is 5.72. The molecule has 5 rings (SSSR count). The summed E-state index contributed by atoms with van der Waals surface area (Å²) in [5.74, 6) is 2.21. The number of carbonyl (C=O) groups excluding carboxylic acids is 1. The van der Waals surface area contributed by atoms with Crippen LogP contribution in [0.1, 0.15) is 61.7 Å². The topological polar surface area (TPSA) is 118 Å². The Morgan fingerprint density at radius 3 is 2.50 bits per heavy atom. The Morgan fingerprint density at radius 1 is 1.19 bits per heavy atom. The number of aliphatic hydroxyl groups is 1. The molecule has 2 aliphatic carbocycles. The van der Waals surface area contributed by atoms with Crippen molar-refractivity contribution in [1.82, 2.24) is 19.9 Å². The highest BCUT2D eigenvalue weighted by atomic mass is 16.3. The number of nitrogens with zero attached hydrogens (tertiary/aromatic N) is 5. The average Bonchev–Trinajstić information content (AvgIpc) is 3.34. The molecule has 0 saturated heterocycles. The molecule has 3 heterocycles. The van der Waals surface area contributed by atoms with E-state index in [0.29, 0.717) is 23.0 Å². The van der Waals surface area contributed by atoms with Gasteiger partial charge in [0.25, 0.3) is 0 Å². The van der Waals surface area contributed by atoms with Gasteiger partial charge in [-0.05, 0) is 25.7 Å². The van der Waals surface area contributed by atoms with Crippen LogP contribution in [0.3, 0.4) is 0 Å². The maximum Gasteiger partial charge on any atom is 0.243 e. The number of aliphatic hydroxyl groups excluding tert-OH is 1. The summed E-state index contributed by atoms with van der Waals surface area (Å²) in [6.45, 7) is -0.330. The van der Waals surface area contributed by atoms with E-state index in [-0.39, 0.29) is 24.2 Å². The second-order valence-corrected chi connectivity index (χ2v) is 7.39. The molecule has 2 aromatic heterocycles. The van der Waals surface area contributed by atoms with Gasteiger partial charge in [0.1, 0.15) is 24.1 Å². The maximum atomic E-state index is 13.5. The minimum absolute atomic E-state index is 0.0381. The smallest absolute Gasteiger partial charge is 0.243 e. The standard InChI is InChI=1S/C18H20N6O2/c19-14-13-16(23-12(9-25)22-14)24(17(26)18(13)5-1-2-6-18)11-7-20-15(21-8-11)10-3-4-10/h7-8,10,25H,1-6,9H2,(H2,19,22,23). The lowest BCUT2D eigenvalue weighted by molar-refractivity contribution is -0.122. The molecule has 0 radical (unpaired) electrons. The maximum absolute atomic E-state index is 13.5. The molecule has 1 amide bonds. The first kappa shape index (κ1) is 15.6.